The van der Waals surface area contributed by atoms with Gasteiger partial charge in [0.2, 0.25) is 5.91 Å². The number of nitrogens with one attached hydrogen (secondary N) is 1. The van der Waals surface area contributed by atoms with Crippen molar-refractivity contribution >= 4 is 5.91 Å². The van der Waals surface area contributed by atoms with Crippen LogP contribution in [-0.4, -0.2) is 18.5 Å². The number of carbonyl (C=O) groups excluding carboxylic acids is 1. The first kappa shape index (κ1) is 15.5. The van der Waals surface area contributed by atoms with Crippen molar-refractivity contribution in [1.82, 2.24) is 5.32 Å². The van der Waals surface area contributed by atoms with Crippen molar-refractivity contribution in [2.75, 3.05) is 6.54 Å². The summed E-state index contributed by atoms with van der Waals surface area (Å²) in [5.41, 5.74) is 5.60. The quantitative estimate of drug-likeness (QED) is 0.716. The third-order valence-corrected chi connectivity index (χ3v) is 4.08. The summed E-state index contributed by atoms with van der Waals surface area (Å²) in [5.74, 6) is 1.30. The third-order valence-electron chi connectivity index (χ3n) is 4.08. The van der Waals surface area contributed by atoms with Crippen LogP contribution in [0.1, 0.15) is 65.2 Å². The summed E-state index contributed by atoms with van der Waals surface area (Å²) in [5, 5.41) is 3.17. The van der Waals surface area contributed by atoms with E-state index in [4.69, 9.17) is 5.73 Å². The summed E-state index contributed by atoms with van der Waals surface area (Å²) in [6.07, 6.45) is 9.36. The Labute approximate surface area is 112 Å². The molecule has 3 N–H and O–H groups in total. The number of carbonyl (C=O) groups is 1. The summed E-state index contributed by atoms with van der Waals surface area (Å²) in [6.45, 7) is 4.94. The summed E-state index contributed by atoms with van der Waals surface area (Å²) < 4.78 is 0. The van der Waals surface area contributed by atoms with Crippen molar-refractivity contribution in [3.63, 3.8) is 0 Å². The Hall–Kier alpha value is -0.570. The standard InChI is InChI=1S/C15H30N2O/c1-12(2)14(9-10-16)17-15(18)11-13-7-5-3-4-6-8-13/h12-14H,3-11,16H2,1-2H3,(H,17,18). The molecule has 0 aromatic heterocycles. The number of hydrogen-bond donors (Lipinski definition) is 2. The lowest BCUT2D eigenvalue weighted by Gasteiger charge is -2.23. The Bertz CT molecular complexity index is 233. The summed E-state index contributed by atoms with van der Waals surface area (Å²) in [6, 6.07) is 0.244. The van der Waals surface area contributed by atoms with E-state index in [2.05, 4.69) is 19.2 Å². The van der Waals surface area contributed by atoms with Crippen molar-refractivity contribution in [2.45, 2.75) is 71.3 Å². The van der Waals surface area contributed by atoms with E-state index in [1.165, 1.54) is 38.5 Å². The number of amides is 1. The molecule has 18 heavy (non-hydrogen) atoms. The van der Waals surface area contributed by atoms with Crippen molar-refractivity contribution < 1.29 is 4.79 Å². The van der Waals surface area contributed by atoms with E-state index in [-0.39, 0.29) is 11.9 Å². The molecular weight excluding hydrogens is 224 g/mol. The first-order valence-electron chi connectivity index (χ1n) is 7.63. The highest BCUT2D eigenvalue weighted by Gasteiger charge is 2.19. The Balaban J connectivity index is 2.34. The van der Waals surface area contributed by atoms with Gasteiger partial charge in [-0.05, 0) is 37.6 Å². The Morgan fingerprint density at radius 2 is 1.83 bits per heavy atom. The fraction of sp³-hybridized carbons (Fsp3) is 0.933. The minimum atomic E-state index is 0.231. The predicted octanol–water partition coefficient (Wildman–Crippen LogP) is 2.84. The molecule has 0 bridgehead atoms. The van der Waals surface area contributed by atoms with E-state index in [1.807, 2.05) is 0 Å². The fourth-order valence-electron chi connectivity index (χ4n) is 2.85. The highest BCUT2D eigenvalue weighted by Crippen LogP contribution is 2.25. The minimum absolute atomic E-state index is 0.231. The van der Waals surface area contributed by atoms with Crippen molar-refractivity contribution in [1.29, 1.82) is 0 Å². The van der Waals surface area contributed by atoms with Gasteiger partial charge < -0.3 is 11.1 Å². The van der Waals surface area contributed by atoms with Gasteiger partial charge >= 0.3 is 0 Å². The van der Waals surface area contributed by atoms with Crippen LogP contribution in [0.25, 0.3) is 0 Å². The van der Waals surface area contributed by atoms with Crippen molar-refractivity contribution in [2.24, 2.45) is 17.6 Å². The van der Waals surface area contributed by atoms with Crippen LogP contribution in [0.4, 0.5) is 0 Å². The number of hydrogen-bond acceptors (Lipinski definition) is 2. The van der Waals surface area contributed by atoms with E-state index >= 15 is 0 Å². The predicted molar refractivity (Wildman–Crippen MR) is 76.2 cm³/mol. The molecule has 1 fully saturated rings. The molecule has 1 unspecified atom stereocenters. The highest BCUT2D eigenvalue weighted by molar-refractivity contribution is 5.76. The maximum absolute atomic E-state index is 12.1. The Morgan fingerprint density at radius 1 is 1.22 bits per heavy atom. The van der Waals surface area contributed by atoms with E-state index in [0.29, 0.717) is 24.8 Å². The molecule has 0 aliphatic heterocycles. The van der Waals surface area contributed by atoms with Gasteiger partial charge in [0.1, 0.15) is 0 Å². The van der Waals surface area contributed by atoms with Gasteiger partial charge in [-0.2, -0.15) is 0 Å². The van der Waals surface area contributed by atoms with Gasteiger partial charge in [-0.1, -0.05) is 39.5 Å². The van der Waals surface area contributed by atoms with Gasteiger partial charge in [0.05, 0.1) is 0 Å². The molecule has 0 heterocycles. The second kappa shape index (κ2) is 8.52. The number of nitrogens with two attached hydrogens (primary N) is 1. The summed E-state index contributed by atoms with van der Waals surface area (Å²) in [4.78, 5) is 12.1. The largest absolute Gasteiger partial charge is 0.353 e. The van der Waals surface area contributed by atoms with Gasteiger partial charge in [-0.25, -0.2) is 0 Å². The fourth-order valence-corrected chi connectivity index (χ4v) is 2.85. The molecule has 1 atom stereocenters. The lowest BCUT2D eigenvalue weighted by Crippen LogP contribution is -2.40. The van der Waals surface area contributed by atoms with Gasteiger partial charge in [-0.3, -0.25) is 4.79 Å². The summed E-state index contributed by atoms with van der Waals surface area (Å²) >= 11 is 0. The van der Waals surface area contributed by atoms with Gasteiger partial charge in [0.25, 0.3) is 0 Å². The lowest BCUT2D eigenvalue weighted by atomic mass is 9.95. The molecule has 3 nitrogen and oxygen atoms in total. The van der Waals surface area contributed by atoms with Crippen LogP contribution >= 0.6 is 0 Å². The van der Waals surface area contributed by atoms with Crippen molar-refractivity contribution in [3.05, 3.63) is 0 Å². The van der Waals surface area contributed by atoms with E-state index < -0.39 is 0 Å². The maximum atomic E-state index is 12.1. The molecule has 1 saturated carbocycles. The average Bonchev–Trinajstić information content (AvgIpc) is 2.57. The molecule has 3 heteroatoms. The lowest BCUT2D eigenvalue weighted by molar-refractivity contribution is -0.123. The molecule has 106 valence electrons. The smallest absolute Gasteiger partial charge is 0.220 e. The Morgan fingerprint density at radius 3 is 2.33 bits per heavy atom. The Kier molecular flexibility index (Phi) is 7.33. The van der Waals surface area contributed by atoms with E-state index in [0.717, 1.165) is 6.42 Å². The maximum Gasteiger partial charge on any atom is 0.220 e. The topological polar surface area (TPSA) is 55.1 Å². The van der Waals surface area contributed by atoms with Crippen LogP contribution in [0.5, 0.6) is 0 Å². The second-order valence-corrected chi connectivity index (χ2v) is 6.06. The average molecular weight is 254 g/mol. The molecule has 1 aliphatic carbocycles. The highest BCUT2D eigenvalue weighted by atomic mass is 16.1. The zero-order valence-corrected chi connectivity index (χ0v) is 12.1. The van der Waals surface area contributed by atoms with Crippen LogP contribution in [0.15, 0.2) is 0 Å². The van der Waals surface area contributed by atoms with Gasteiger partial charge in [-0.15, -0.1) is 0 Å². The normalized spacial score (nSPS) is 19.6. The molecule has 1 rings (SSSR count). The number of rotatable bonds is 6. The van der Waals surface area contributed by atoms with Gasteiger partial charge in [0, 0.05) is 12.5 Å². The zero-order valence-electron chi connectivity index (χ0n) is 12.1. The zero-order chi connectivity index (χ0) is 13.4. The third kappa shape index (κ3) is 5.85. The molecule has 1 aliphatic rings. The van der Waals surface area contributed by atoms with Crippen LogP contribution in [0.3, 0.4) is 0 Å². The molecule has 1 amide bonds. The molecule has 0 aromatic carbocycles. The van der Waals surface area contributed by atoms with Crippen LogP contribution in [-0.2, 0) is 4.79 Å². The van der Waals surface area contributed by atoms with Crippen LogP contribution in [0, 0.1) is 11.8 Å². The van der Waals surface area contributed by atoms with Crippen LogP contribution in [0.2, 0.25) is 0 Å². The molecule has 0 spiro atoms. The first-order valence-corrected chi connectivity index (χ1v) is 7.63. The second-order valence-electron chi connectivity index (χ2n) is 6.06. The van der Waals surface area contributed by atoms with E-state index in [1.54, 1.807) is 0 Å². The molecule has 0 aromatic rings. The minimum Gasteiger partial charge on any atom is -0.353 e. The molecular formula is C15H30N2O. The van der Waals surface area contributed by atoms with Crippen molar-refractivity contribution in [3.8, 4) is 0 Å². The monoisotopic (exact) mass is 254 g/mol. The van der Waals surface area contributed by atoms with Crippen LogP contribution < -0.4 is 11.1 Å². The first-order chi connectivity index (χ1) is 8.63. The SMILES string of the molecule is CC(C)C(CCN)NC(=O)CC1CCCCCC1. The molecule has 0 saturated heterocycles. The molecule has 0 radical (unpaired) electrons. The van der Waals surface area contributed by atoms with Gasteiger partial charge in [0.15, 0.2) is 0 Å². The summed E-state index contributed by atoms with van der Waals surface area (Å²) in [7, 11) is 0. The van der Waals surface area contributed by atoms with E-state index in [9.17, 15) is 4.79 Å².